The van der Waals surface area contributed by atoms with Crippen LogP contribution < -0.4 is 0 Å². The fraction of sp³-hybridized carbons (Fsp3) is 0.864. The molecule has 0 unspecified atom stereocenters. The summed E-state index contributed by atoms with van der Waals surface area (Å²) >= 11 is 0. The second-order valence-corrected chi connectivity index (χ2v) is 9.15. The molecule has 1 aliphatic carbocycles. The topological polar surface area (TPSA) is 60.9 Å². The Balaban J connectivity index is 1.34. The first kappa shape index (κ1) is 21.3. The minimum atomic E-state index is 0.117. The standard InChI is InChI=1S/C22H37N3O3/c1-17(26)19-4-6-20(7-5-19)22(28)25-11-9-18(10-12-25)3-8-21(27)24-15-13-23(2)14-16-24/h18-20H,3-16H2,1-2H3. The van der Waals surface area contributed by atoms with Crippen molar-refractivity contribution in [3.8, 4) is 0 Å². The highest BCUT2D eigenvalue weighted by molar-refractivity contribution is 5.81. The molecule has 3 rings (SSSR count). The maximum atomic E-state index is 12.8. The summed E-state index contributed by atoms with van der Waals surface area (Å²) in [6.07, 6.45) is 7.11. The predicted molar refractivity (Wildman–Crippen MR) is 109 cm³/mol. The van der Waals surface area contributed by atoms with Crippen LogP contribution in [0.1, 0.15) is 58.3 Å². The number of carbonyl (C=O) groups excluding carboxylic acids is 3. The Morgan fingerprint density at radius 3 is 1.89 bits per heavy atom. The van der Waals surface area contributed by atoms with Gasteiger partial charge in [-0.3, -0.25) is 14.4 Å². The van der Waals surface area contributed by atoms with E-state index >= 15 is 0 Å². The molecule has 0 spiro atoms. The highest BCUT2D eigenvalue weighted by atomic mass is 16.2. The zero-order valence-electron chi connectivity index (χ0n) is 17.7. The van der Waals surface area contributed by atoms with E-state index < -0.39 is 0 Å². The molecule has 2 saturated heterocycles. The van der Waals surface area contributed by atoms with Gasteiger partial charge in [0, 0.05) is 57.5 Å². The Morgan fingerprint density at radius 2 is 1.32 bits per heavy atom. The molecular formula is C22H37N3O3. The minimum Gasteiger partial charge on any atom is -0.342 e. The molecule has 3 aliphatic rings. The molecule has 2 amide bonds. The third kappa shape index (κ3) is 5.56. The van der Waals surface area contributed by atoms with Crippen molar-refractivity contribution in [2.75, 3.05) is 46.3 Å². The van der Waals surface area contributed by atoms with Crippen LogP contribution in [0.4, 0.5) is 0 Å². The number of carbonyl (C=O) groups is 3. The van der Waals surface area contributed by atoms with Crippen molar-refractivity contribution < 1.29 is 14.4 Å². The molecule has 0 aromatic heterocycles. The number of Topliss-reactive ketones (excluding diaryl/α,β-unsaturated/α-hetero) is 1. The van der Waals surface area contributed by atoms with Crippen molar-refractivity contribution in [1.82, 2.24) is 14.7 Å². The molecule has 0 aromatic rings. The Morgan fingerprint density at radius 1 is 0.750 bits per heavy atom. The van der Waals surface area contributed by atoms with Gasteiger partial charge in [-0.2, -0.15) is 0 Å². The van der Waals surface area contributed by atoms with Crippen molar-refractivity contribution in [3.63, 3.8) is 0 Å². The van der Waals surface area contributed by atoms with Crippen LogP contribution in [0.15, 0.2) is 0 Å². The summed E-state index contributed by atoms with van der Waals surface area (Å²) in [4.78, 5) is 43.1. The van der Waals surface area contributed by atoms with Crippen LogP contribution in [0.25, 0.3) is 0 Å². The molecule has 3 fully saturated rings. The van der Waals surface area contributed by atoms with Crippen LogP contribution >= 0.6 is 0 Å². The van der Waals surface area contributed by atoms with Gasteiger partial charge in [0.1, 0.15) is 5.78 Å². The number of rotatable bonds is 5. The van der Waals surface area contributed by atoms with E-state index in [0.717, 1.165) is 84.2 Å². The molecule has 0 atom stereocenters. The molecule has 0 N–H and O–H groups in total. The summed E-state index contributed by atoms with van der Waals surface area (Å²) in [7, 11) is 2.10. The summed E-state index contributed by atoms with van der Waals surface area (Å²) in [6.45, 7) is 6.99. The zero-order valence-corrected chi connectivity index (χ0v) is 17.7. The second kappa shape index (κ2) is 9.86. The van der Waals surface area contributed by atoms with E-state index in [1.165, 1.54) is 0 Å². The molecule has 28 heavy (non-hydrogen) atoms. The van der Waals surface area contributed by atoms with Crippen LogP contribution in [0, 0.1) is 17.8 Å². The molecule has 6 nitrogen and oxygen atoms in total. The lowest BCUT2D eigenvalue weighted by Crippen LogP contribution is -2.47. The van der Waals surface area contributed by atoms with E-state index in [1.807, 2.05) is 9.80 Å². The Bertz CT molecular complexity index is 555. The number of nitrogens with zero attached hydrogens (tertiary/aromatic N) is 3. The molecular weight excluding hydrogens is 354 g/mol. The third-order valence-corrected chi connectivity index (χ3v) is 7.20. The summed E-state index contributed by atoms with van der Waals surface area (Å²) in [5.74, 6) is 1.73. The van der Waals surface area contributed by atoms with Gasteiger partial charge in [-0.25, -0.2) is 0 Å². The zero-order chi connectivity index (χ0) is 20.1. The number of ketones is 1. The van der Waals surface area contributed by atoms with Gasteiger partial charge >= 0.3 is 0 Å². The van der Waals surface area contributed by atoms with E-state index in [1.54, 1.807) is 6.92 Å². The normalized spacial score (nSPS) is 27.6. The van der Waals surface area contributed by atoms with Crippen LogP contribution in [0.3, 0.4) is 0 Å². The highest BCUT2D eigenvalue weighted by Gasteiger charge is 2.32. The maximum Gasteiger partial charge on any atom is 0.225 e. The third-order valence-electron chi connectivity index (χ3n) is 7.20. The molecule has 0 aromatic carbocycles. The number of amides is 2. The van der Waals surface area contributed by atoms with Crippen molar-refractivity contribution in [2.24, 2.45) is 17.8 Å². The van der Waals surface area contributed by atoms with Crippen LogP contribution in [-0.2, 0) is 14.4 Å². The van der Waals surface area contributed by atoms with Crippen LogP contribution in [-0.4, -0.2) is 78.6 Å². The van der Waals surface area contributed by atoms with Crippen LogP contribution in [0.5, 0.6) is 0 Å². The number of hydrogen-bond acceptors (Lipinski definition) is 4. The quantitative estimate of drug-likeness (QED) is 0.721. The van der Waals surface area contributed by atoms with Crippen LogP contribution in [0.2, 0.25) is 0 Å². The van der Waals surface area contributed by atoms with Crippen molar-refractivity contribution >= 4 is 17.6 Å². The predicted octanol–water partition coefficient (Wildman–Crippen LogP) is 2.17. The van der Waals surface area contributed by atoms with E-state index in [-0.39, 0.29) is 17.6 Å². The van der Waals surface area contributed by atoms with Crippen molar-refractivity contribution in [3.05, 3.63) is 0 Å². The van der Waals surface area contributed by atoms with Gasteiger partial charge in [-0.05, 0) is 64.8 Å². The summed E-state index contributed by atoms with van der Waals surface area (Å²) < 4.78 is 0. The summed E-state index contributed by atoms with van der Waals surface area (Å²) in [6, 6.07) is 0. The van der Waals surface area contributed by atoms with E-state index in [2.05, 4.69) is 11.9 Å². The van der Waals surface area contributed by atoms with Gasteiger partial charge in [-0.1, -0.05) is 0 Å². The van der Waals surface area contributed by atoms with Gasteiger partial charge in [0.15, 0.2) is 0 Å². The molecule has 2 aliphatic heterocycles. The van der Waals surface area contributed by atoms with Gasteiger partial charge in [0.05, 0.1) is 0 Å². The molecule has 1 saturated carbocycles. The van der Waals surface area contributed by atoms with Gasteiger partial charge in [0.25, 0.3) is 0 Å². The van der Waals surface area contributed by atoms with Gasteiger partial charge < -0.3 is 14.7 Å². The average Bonchev–Trinajstić information content (AvgIpc) is 2.72. The number of piperidine rings is 1. The molecule has 0 bridgehead atoms. The first-order valence-electron chi connectivity index (χ1n) is 11.2. The summed E-state index contributed by atoms with van der Waals surface area (Å²) in [5, 5.41) is 0. The number of hydrogen-bond donors (Lipinski definition) is 0. The fourth-order valence-electron chi connectivity index (χ4n) is 4.99. The fourth-order valence-corrected chi connectivity index (χ4v) is 4.99. The molecule has 6 heteroatoms. The lowest BCUT2D eigenvalue weighted by atomic mass is 9.79. The van der Waals surface area contributed by atoms with Gasteiger partial charge in [0.2, 0.25) is 11.8 Å². The van der Waals surface area contributed by atoms with E-state index in [9.17, 15) is 14.4 Å². The molecule has 2 heterocycles. The lowest BCUT2D eigenvalue weighted by molar-refractivity contribution is -0.139. The number of likely N-dealkylation sites (tertiary alicyclic amines) is 1. The molecule has 0 radical (unpaired) electrons. The Labute approximate surface area is 169 Å². The first-order chi connectivity index (χ1) is 13.4. The van der Waals surface area contributed by atoms with Crippen molar-refractivity contribution in [2.45, 2.75) is 58.3 Å². The first-order valence-corrected chi connectivity index (χ1v) is 11.2. The average molecular weight is 392 g/mol. The van der Waals surface area contributed by atoms with Gasteiger partial charge in [-0.15, -0.1) is 0 Å². The Hall–Kier alpha value is -1.43. The lowest BCUT2D eigenvalue weighted by Gasteiger charge is -2.36. The van der Waals surface area contributed by atoms with E-state index in [4.69, 9.17) is 0 Å². The number of piperazine rings is 1. The smallest absolute Gasteiger partial charge is 0.225 e. The number of likely N-dealkylation sites (N-methyl/N-ethyl adjacent to an activating group) is 1. The highest BCUT2D eigenvalue weighted by Crippen LogP contribution is 2.32. The SMILES string of the molecule is CC(=O)C1CCC(C(=O)N2CCC(CCC(=O)N3CCN(C)CC3)CC2)CC1. The largest absolute Gasteiger partial charge is 0.342 e. The van der Waals surface area contributed by atoms with Crippen molar-refractivity contribution in [1.29, 1.82) is 0 Å². The maximum absolute atomic E-state index is 12.8. The Kier molecular flexibility index (Phi) is 7.49. The minimum absolute atomic E-state index is 0.117. The molecule has 158 valence electrons. The second-order valence-electron chi connectivity index (χ2n) is 9.15. The summed E-state index contributed by atoms with van der Waals surface area (Å²) in [5.41, 5.74) is 0. The van der Waals surface area contributed by atoms with E-state index in [0.29, 0.717) is 24.2 Å². The monoisotopic (exact) mass is 391 g/mol.